The van der Waals surface area contributed by atoms with Crippen LogP contribution < -0.4 is 10.6 Å². The molecule has 0 spiro atoms. The van der Waals surface area contributed by atoms with Crippen molar-refractivity contribution in [3.63, 3.8) is 0 Å². The van der Waals surface area contributed by atoms with E-state index in [0.717, 1.165) is 25.9 Å². The number of carbonyl (C=O) groups excluding carboxylic acids is 1. The molecule has 3 rings (SSSR count). The Morgan fingerprint density at radius 2 is 2.47 bits per heavy atom. The molecular formula is C13H19ClN2O2S. The fourth-order valence-electron chi connectivity index (χ4n) is 2.72. The highest BCUT2D eigenvalue weighted by Crippen LogP contribution is 2.30. The fourth-order valence-corrected chi connectivity index (χ4v) is 3.37. The van der Waals surface area contributed by atoms with Crippen LogP contribution in [0.4, 0.5) is 0 Å². The zero-order valence-corrected chi connectivity index (χ0v) is 12.3. The van der Waals surface area contributed by atoms with Crippen LogP contribution in [0.1, 0.15) is 17.7 Å². The van der Waals surface area contributed by atoms with Crippen molar-refractivity contribution in [2.24, 2.45) is 5.92 Å². The Morgan fingerprint density at radius 1 is 1.58 bits per heavy atom. The number of ether oxygens (including phenoxy) is 1. The summed E-state index contributed by atoms with van der Waals surface area (Å²) in [6.07, 6.45) is 1.98. The molecule has 0 unspecified atom stereocenters. The smallest absolute Gasteiger partial charge is 0.249 e. The third-order valence-corrected chi connectivity index (χ3v) is 4.60. The van der Waals surface area contributed by atoms with E-state index in [0.29, 0.717) is 12.5 Å². The monoisotopic (exact) mass is 302 g/mol. The summed E-state index contributed by atoms with van der Waals surface area (Å²) in [6, 6.07) is 4.03. The topological polar surface area (TPSA) is 50.4 Å². The van der Waals surface area contributed by atoms with Gasteiger partial charge in [-0.15, -0.1) is 23.7 Å². The molecule has 0 radical (unpaired) electrons. The van der Waals surface area contributed by atoms with E-state index in [4.69, 9.17) is 4.74 Å². The van der Waals surface area contributed by atoms with E-state index in [2.05, 4.69) is 10.6 Å². The minimum Gasteiger partial charge on any atom is -0.364 e. The van der Waals surface area contributed by atoms with Gasteiger partial charge in [-0.05, 0) is 36.8 Å². The fraction of sp³-hybridized carbons (Fsp3) is 0.615. The third-order valence-electron chi connectivity index (χ3n) is 3.73. The van der Waals surface area contributed by atoms with Crippen molar-refractivity contribution in [3.05, 3.63) is 22.4 Å². The lowest BCUT2D eigenvalue weighted by molar-refractivity contribution is -0.132. The molecule has 1 aromatic heterocycles. The van der Waals surface area contributed by atoms with Crippen molar-refractivity contribution in [1.82, 2.24) is 10.6 Å². The van der Waals surface area contributed by atoms with E-state index in [1.54, 1.807) is 11.3 Å². The first-order valence-corrected chi connectivity index (χ1v) is 7.37. The van der Waals surface area contributed by atoms with Gasteiger partial charge in [0.25, 0.3) is 0 Å². The molecule has 19 heavy (non-hydrogen) atoms. The van der Waals surface area contributed by atoms with Crippen LogP contribution in [-0.4, -0.2) is 31.2 Å². The lowest BCUT2D eigenvalue weighted by Gasteiger charge is -2.24. The first kappa shape index (κ1) is 14.8. The summed E-state index contributed by atoms with van der Waals surface area (Å²) >= 11 is 1.66. The molecule has 106 valence electrons. The number of hydrogen-bond acceptors (Lipinski definition) is 4. The van der Waals surface area contributed by atoms with Gasteiger partial charge in [0.1, 0.15) is 6.10 Å². The van der Waals surface area contributed by atoms with Gasteiger partial charge in [0.05, 0.1) is 12.6 Å². The van der Waals surface area contributed by atoms with E-state index in [9.17, 15) is 4.79 Å². The van der Waals surface area contributed by atoms with Crippen LogP contribution in [-0.2, 0) is 16.1 Å². The van der Waals surface area contributed by atoms with E-state index in [1.807, 2.05) is 17.5 Å². The van der Waals surface area contributed by atoms with Crippen molar-refractivity contribution in [2.45, 2.75) is 31.6 Å². The largest absolute Gasteiger partial charge is 0.364 e. The molecule has 2 aliphatic heterocycles. The molecular weight excluding hydrogens is 284 g/mol. The minimum atomic E-state index is -0.250. The average Bonchev–Trinajstić information content (AvgIpc) is 3.04. The summed E-state index contributed by atoms with van der Waals surface area (Å²) in [5, 5.41) is 8.30. The molecule has 0 saturated carbocycles. The first-order valence-electron chi connectivity index (χ1n) is 6.49. The highest BCUT2D eigenvalue weighted by Gasteiger charge is 2.39. The Kier molecular flexibility index (Phi) is 5.21. The van der Waals surface area contributed by atoms with Gasteiger partial charge in [-0.2, -0.15) is 0 Å². The second-order valence-corrected chi connectivity index (χ2v) is 5.98. The van der Waals surface area contributed by atoms with Crippen LogP contribution in [0.5, 0.6) is 0 Å². The average molecular weight is 303 g/mol. The maximum atomic E-state index is 12.0. The van der Waals surface area contributed by atoms with Crippen molar-refractivity contribution >= 4 is 29.7 Å². The number of rotatable bonds is 3. The van der Waals surface area contributed by atoms with Crippen LogP contribution in [0, 0.1) is 5.92 Å². The summed E-state index contributed by atoms with van der Waals surface area (Å²) in [5.41, 5.74) is 0. The number of amides is 1. The molecule has 2 N–H and O–H groups in total. The molecule has 1 aromatic rings. The predicted molar refractivity (Wildman–Crippen MR) is 77.7 cm³/mol. The summed E-state index contributed by atoms with van der Waals surface area (Å²) in [4.78, 5) is 13.2. The molecule has 2 fully saturated rings. The second kappa shape index (κ2) is 6.70. The van der Waals surface area contributed by atoms with E-state index >= 15 is 0 Å². The molecule has 4 nitrogen and oxygen atoms in total. The SMILES string of the molecule is Cl.O=C(NCc1cccs1)[C@H]1C[C@@H]2CCNC[C@H]2O1. The number of piperidine rings is 1. The highest BCUT2D eigenvalue weighted by atomic mass is 35.5. The minimum absolute atomic E-state index is 0. The van der Waals surface area contributed by atoms with E-state index in [-0.39, 0.29) is 30.5 Å². The zero-order valence-electron chi connectivity index (χ0n) is 10.6. The number of nitrogens with one attached hydrogen (secondary N) is 2. The van der Waals surface area contributed by atoms with E-state index < -0.39 is 0 Å². The molecule has 3 atom stereocenters. The van der Waals surface area contributed by atoms with Crippen molar-refractivity contribution < 1.29 is 9.53 Å². The number of hydrogen-bond donors (Lipinski definition) is 2. The molecule has 2 aliphatic rings. The summed E-state index contributed by atoms with van der Waals surface area (Å²) in [7, 11) is 0. The normalized spacial score (nSPS) is 29.4. The Balaban J connectivity index is 0.00000133. The molecule has 0 aromatic carbocycles. The van der Waals surface area contributed by atoms with Gasteiger partial charge in [-0.25, -0.2) is 0 Å². The lowest BCUT2D eigenvalue weighted by Crippen LogP contribution is -2.39. The Labute approximate surface area is 123 Å². The van der Waals surface area contributed by atoms with Crippen molar-refractivity contribution in [2.75, 3.05) is 13.1 Å². The summed E-state index contributed by atoms with van der Waals surface area (Å²) in [6.45, 7) is 2.55. The van der Waals surface area contributed by atoms with Crippen LogP contribution >= 0.6 is 23.7 Å². The molecule has 6 heteroatoms. The number of fused-ring (bicyclic) bond motifs is 1. The standard InChI is InChI=1S/C13H18N2O2S.ClH/c16-13(15-7-10-2-1-5-18-10)11-6-9-3-4-14-8-12(9)17-11;/h1-2,5,9,11-12,14H,3-4,6-8H2,(H,15,16);1H/t9-,11+,12+;/m0./s1. The number of thiophene rings is 1. The molecule has 0 bridgehead atoms. The summed E-state index contributed by atoms with van der Waals surface area (Å²) in [5.74, 6) is 0.599. The van der Waals surface area contributed by atoms with Crippen LogP contribution in [0.2, 0.25) is 0 Å². The number of halogens is 1. The Morgan fingerprint density at radius 3 is 3.21 bits per heavy atom. The number of carbonyl (C=O) groups is 1. The molecule has 0 aliphatic carbocycles. The van der Waals surface area contributed by atoms with Gasteiger partial charge in [0, 0.05) is 11.4 Å². The lowest BCUT2D eigenvalue weighted by atomic mass is 9.93. The first-order chi connectivity index (χ1) is 8.83. The van der Waals surface area contributed by atoms with Crippen molar-refractivity contribution in [3.8, 4) is 0 Å². The quantitative estimate of drug-likeness (QED) is 0.891. The van der Waals surface area contributed by atoms with Crippen LogP contribution in [0.3, 0.4) is 0 Å². The van der Waals surface area contributed by atoms with Gasteiger partial charge in [0.15, 0.2) is 0 Å². The predicted octanol–water partition coefficient (Wildman–Crippen LogP) is 1.55. The van der Waals surface area contributed by atoms with Gasteiger partial charge >= 0.3 is 0 Å². The van der Waals surface area contributed by atoms with Crippen LogP contribution in [0.15, 0.2) is 17.5 Å². The second-order valence-electron chi connectivity index (χ2n) is 4.95. The van der Waals surface area contributed by atoms with Crippen molar-refractivity contribution in [1.29, 1.82) is 0 Å². The van der Waals surface area contributed by atoms with Crippen LogP contribution in [0.25, 0.3) is 0 Å². The highest BCUT2D eigenvalue weighted by molar-refractivity contribution is 7.09. The van der Waals surface area contributed by atoms with Gasteiger partial charge in [0.2, 0.25) is 5.91 Å². The van der Waals surface area contributed by atoms with Gasteiger partial charge in [-0.1, -0.05) is 6.07 Å². The summed E-state index contributed by atoms with van der Waals surface area (Å²) < 4.78 is 5.83. The maximum absolute atomic E-state index is 12.0. The zero-order chi connectivity index (χ0) is 12.4. The Bertz CT molecular complexity index is 399. The molecule has 2 saturated heterocycles. The van der Waals surface area contributed by atoms with E-state index in [1.165, 1.54) is 4.88 Å². The third kappa shape index (κ3) is 3.48. The van der Waals surface area contributed by atoms with Gasteiger partial charge in [-0.3, -0.25) is 4.79 Å². The molecule has 3 heterocycles. The Hall–Kier alpha value is -0.620. The van der Waals surface area contributed by atoms with Gasteiger partial charge < -0.3 is 15.4 Å². The maximum Gasteiger partial charge on any atom is 0.249 e. The molecule has 1 amide bonds.